The minimum atomic E-state index is -0.263. The highest BCUT2D eigenvalue weighted by Crippen LogP contribution is 2.26. The molecule has 1 aromatic rings. The van der Waals surface area contributed by atoms with Gasteiger partial charge in [-0.15, -0.1) is 0 Å². The maximum Gasteiger partial charge on any atom is 0.141 e. The van der Waals surface area contributed by atoms with Gasteiger partial charge in [0, 0.05) is 24.0 Å². The van der Waals surface area contributed by atoms with Crippen molar-refractivity contribution in [2.45, 2.75) is 31.1 Å². The van der Waals surface area contributed by atoms with Crippen LogP contribution in [0.3, 0.4) is 0 Å². The van der Waals surface area contributed by atoms with Gasteiger partial charge in [-0.05, 0) is 37.1 Å². The van der Waals surface area contributed by atoms with E-state index in [2.05, 4.69) is 17.2 Å². The molecule has 1 aliphatic rings. The number of nitrogens with zero attached hydrogens (tertiary/aromatic N) is 1. The van der Waals surface area contributed by atoms with Crippen molar-refractivity contribution in [3.8, 4) is 0 Å². The number of aromatic nitrogens is 1. The minimum Gasteiger partial charge on any atom is -0.309 e. The number of halogens is 1. The summed E-state index contributed by atoms with van der Waals surface area (Å²) in [6, 6.07) is 1.72. The van der Waals surface area contributed by atoms with Crippen molar-refractivity contribution in [1.29, 1.82) is 0 Å². The van der Waals surface area contributed by atoms with E-state index in [1.165, 1.54) is 24.8 Å². The highest BCUT2D eigenvalue weighted by molar-refractivity contribution is 8.00. The highest BCUT2D eigenvalue weighted by Gasteiger charge is 2.16. The van der Waals surface area contributed by atoms with Crippen molar-refractivity contribution in [2.75, 3.05) is 12.3 Å². The molecule has 0 radical (unpaired) electrons. The predicted octanol–water partition coefficient (Wildman–Crippen LogP) is 2.77. The summed E-state index contributed by atoms with van der Waals surface area (Å²) >= 11 is 2.03. The standard InChI is InChI=1S/C12H17FN2S/c1-9(10-5-11(13)7-14-6-10)15-8-12-3-2-4-16-12/h5-7,9,12,15H,2-4,8H2,1H3. The molecule has 0 aliphatic carbocycles. The van der Waals surface area contributed by atoms with E-state index in [0.717, 1.165) is 17.4 Å². The first-order chi connectivity index (χ1) is 7.75. The third kappa shape index (κ3) is 3.19. The highest BCUT2D eigenvalue weighted by atomic mass is 32.2. The second kappa shape index (κ2) is 5.64. The Balaban J connectivity index is 1.85. The van der Waals surface area contributed by atoms with Crippen LogP contribution < -0.4 is 5.32 Å². The number of rotatable bonds is 4. The molecule has 0 saturated carbocycles. The van der Waals surface area contributed by atoms with Gasteiger partial charge in [0.15, 0.2) is 0 Å². The first kappa shape index (κ1) is 11.9. The molecule has 1 aromatic heterocycles. The maximum atomic E-state index is 13.0. The van der Waals surface area contributed by atoms with E-state index < -0.39 is 0 Å². The van der Waals surface area contributed by atoms with E-state index in [1.807, 2.05) is 11.8 Å². The van der Waals surface area contributed by atoms with Crippen LogP contribution in [-0.4, -0.2) is 22.5 Å². The molecule has 0 spiro atoms. The molecule has 2 rings (SSSR count). The number of thioether (sulfide) groups is 1. The molecule has 0 aromatic carbocycles. The van der Waals surface area contributed by atoms with Gasteiger partial charge in [0.2, 0.25) is 0 Å². The number of nitrogens with one attached hydrogen (secondary N) is 1. The lowest BCUT2D eigenvalue weighted by Crippen LogP contribution is -2.26. The van der Waals surface area contributed by atoms with E-state index in [9.17, 15) is 4.39 Å². The number of hydrogen-bond acceptors (Lipinski definition) is 3. The van der Waals surface area contributed by atoms with E-state index >= 15 is 0 Å². The fourth-order valence-corrected chi connectivity index (χ4v) is 3.11. The van der Waals surface area contributed by atoms with Crippen LogP contribution in [0.1, 0.15) is 31.4 Å². The zero-order valence-corrected chi connectivity index (χ0v) is 10.3. The van der Waals surface area contributed by atoms with Crippen molar-refractivity contribution >= 4 is 11.8 Å². The summed E-state index contributed by atoms with van der Waals surface area (Å²) in [7, 11) is 0. The fourth-order valence-electron chi connectivity index (χ4n) is 1.90. The Hall–Kier alpha value is -0.610. The monoisotopic (exact) mass is 240 g/mol. The van der Waals surface area contributed by atoms with E-state index in [4.69, 9.17) is 0 Å². The molecule has 4 heteroatoms. The Morgan fingerprint density at radius 1 is 1.62 bits per heavy atom. The smallest absolute Gasteiger partial charge is 0.141 e. The van der Waals surface area contributed by atoms with Crippen LogP contribution in [0.25, 0.3) is 0 Å². The van der Waals surface area contributed by atoms with Gasteiger partial charge < -0.3 is 5.32 Å². The Kier molecular flexibility index (Phi) is 4.18. The predicted molar refractivity (Wildman–Crippen MR) is 66.1 cm³/mol. The molecule has 0 bridgehead atoms. The molecule has 1 aliphatic heterocycles. The molecule has 1 N–H and O–H groups in total. The molecular weight excluding hydrogens is 223 g/mol. The molecule has 2 unspecified atom stereocenters. The topological polar surface area (TPSA) is 24.9 Å². The third-order valence-corrected chi connectivity index (χ3v) is 4.30. The average molecular weight is 240 g/mol. The van der Waals surface area contributed by atoms with E-state index in [0.29, 0.717) is 0 Å². The van der Waals surface area contributed by atoms with Gasteiger partial charge in [-0.2, -0.15) is 11.8 Å². The minimum absolute atomic E-state index is 0.171. The summed E-state index contributed by atoms with van der Waals surface area (Å²) in [6.07, 6.45) is 5.59. The van der Waals surface area contributed by atoms with Gasteiger partial charge in [-0.1, -0.05) is 0 Å². The van der Waals surface area contributed by atoms with E-state index in [-0.39, 0.29) is 11.9 Å². The molecule has 1 fully saturated rings. The molecule has 2 atom stereocenters. The van der Waals surface area contributed by atoms with Crippen molar-refractivity contribution in [3.05, 3.63) is 29.8 Å². The molecule has 2 nitrogen and oxygen atoms in total. The second-order valence-corrected chi connectivity index (χ2v) is 5.61. The normalized spacial score (nSPS) is 22.2. The van der Waals surface area contributed by atoms with Crippen molar-refractivity contribution in [1.82, 2.24) is 10.3 Å². The summed E-state index contributed by atoms with van der Waals surface area (Å²) in [5, 5.41) is 4.17. The van der Waals surface area contributed by atoms with Crippen molar-refractivity contribution in [3.63, 3.8) is 0 Å². The van der Waals surface area contributed by atoms with Crippen LogP contribution >= 0.6 is 11.8 Å². The maximum absolute atomic E-state index is 13.0. The zero-order chi connectivity index (χ0) is 11.4. The number of hydrogen-bond donors (Lipinski definition) is 1. The summed E-state index contributed by atoms with van der Waals surface area (Å²) in [6.45, 7) is 3.05. The van der Waals surface area contributed by atoms with Crippen LogP contribution in [0.15, 0.2) is 18.5 Å². The van der Waals surface area contributed by atoms with Crippen LogP contribution in [-0.2, 0) is 0 Å². The lowest BCUT2D eigenvalue weighted by atomic mass is 10.1. The molecule has 16 heavy (non-hydrogen) atoms. The van der Waals surface area contributed by atoms with Gasteiger partial charge in [-0.3, -0.25) is 4.98 Å². The van der Waals surface area contributed by atoms with Gasteiger partial charge in [0.1, 0.15) is 5.82 Å². The van der Waals surface area contributed by atoms with Crippen LogP contribution in [0.2, 0.25) is 0 Å². The summed E-state index contributed by atoms with van der Waals surface area (Å²) in [5.41, 5.74) is 0.919. The number of pyridine rings is 1. The average Bonchev–Trinajstić information content (AvgIpc) is 2.78. The Labute approximate surface area is 100 Å². The van der Waals surface area contributed by atoms with Crippen molar-refractivity contribution < 1.29 is 4.39 Å². The first-order valence-corrected chi connectivity index (χ1v) is 6.76. The molecule has 2 heterocycles. The quantitative estimate of drug-likeness (QED) is 0.876. The lowest BCUT2D eigenvalue weighted by Gasteiger charge is -2.16. The second-order valence-electron chi connectivity index (χ2n) is 4.20. The largest absolute Gasteiger partial charge is 0.309 e. The van der Waals surface area contributed by atoms with Crippen LogP contribution in [0.4, 0.5) is 4.39 Å². The Morgan fingerprint density at radius 3 is 3.19 bits per heavy atom. The van der Waals surface area contributed by atoms with E-state index in [1.54, 1.807) is 12.3 Å². The Bertz CT molecular complexity index is 340. The molecule has 88 valence electrons. The molecular formula is C12H17FN2S. The summed E-state index contributed by atoms with van der Waals surface area (Å²) < 4.78 is 13.0. The van der Waals surface area contributed by atoms with Crippen molar-refractivity contribution in [2.24, 2.45) is 0 Å². The van der Waals surface area contributed by atoms with Gasteiger partial charge in [-0.25, -0.2) is 4.39 Å². The summed E-state index contributed by atoms with van der Waals surface area (Å²) in [5.74, 6) is 1.02. The van der Waals surface area contributed by atoms with Gasteiger partial charge >= 0.3 is 0 Å². The Morgan fingerprint density at radius 2 is 2.50 bits per heavy atom. The third-order valence-electron chi connectivity index (χ3n) is 2.90. The van der Waals surface area contributed by atoms with Crippen LogP contribution in [0.5, 0.6) is 0 Å². The zero-order valence-electron chi connectivity index (χ0n) is 9.45. The summed E-state index contributed by atoms with van der Waals surface area (Å²) in [4.78, 5) is 3.86. The lowest BCUT2D eigenvalue weighted by molar-refractivity contribution is 0.550. The van der Waals surface area contributed by atoms with Crippen LogP contribution in [0, 0.1) is 5.82 Å². The van der Waals surface area contributed by atoms with Gasteiger partial charge in [0.25, 0.3) is 0 Å². The van der Waals surface area contributed by atoms with Gasteiger partial charge in [0.05, 0.1) is 6.20 Å². The SMILES string of the molecule is CC(NCC1CCCS1)c1cncc(F)c1. The molecule has 1 saturated heterocycles. The first-order valence-electron chi connectivity index (χ1n) is 5.71. The molecule has 0 amide bonds. The fraction of sp³-hybridized carbons (Fsp3) is 0.583.